The number of benzene rings is 3. The molecule has 0 radical (unpaired) electrons. The van der Waals surface area contributed by atoms with E-state index < -0.39 is 0 Å². The van der Waals surface area contributed by atoms with E-state index in [2.05, 4.69) is 36.4 Å². The standard InChI is InChI=1S/C25H23ClO2/c1-2-28-25(27)18-23(11-8-19-9-16-24(26)17-10-19)22-14-12-21(13-15-22)20-6-4-3-5-7-20/h3-7,9-10,12-18H,2,8,11H2,1H3/b23-18-. The van der Waals surface area contributed by atoms with Gasteiger partial charge in [0.25, 0.3) is 0 Å². The van der Waals surface area contributed by atoms with E-state index in [0.29, 0.717) is 6.61 Å². The number of ether oxygens (including phenoxy) is 1. The first-order valence-corrected chi connectivity index (χ1v) is 9.81. The number of carbonyl (C=O) groups is 1. The fourth-order valence-electron chi connectivity index (χ4n) is 3.06. The van der Waals surface area contributed by atoms with Crippen molar-refractivity contribution in [1.29, 1.82) is 0 Å². The molecule has 0 aliphatic rings. The molecule has 0 saturated heterocycles. The Kier molecular flexibility index (Phi) is 7.05. The van der Waals surface area contributed by atoms with Gasteiger partial charge in [0, 0.05) is 11.1 Å². The second kappa shape index (κ2) is 9.91. The SMILES string of the molecule is CCOC(=O)/C=C(/CCc1ccc(Cl)cc1)c1ccc(-c2ccccc2)cc1. The molecule has 2 nitrogen and oxygen atoms in total. The third-order valence-electron chi connectivity index (χ3n) is 4.54. The minimum atomic E-state index is -0.305. The minimum absolute atomic E-state index is 0.305. The van der Waals surface area contributed by atoms with Crippen LogP contribution in [-0.2, 0) is 16.0 Å². The molecule has 0 heterocycles. The Labute approximate surface area is 171 Å². The smallest absolute Gasteiger partial charge is 0.331 e. The number of rotatable bonds is 7. The Morgan fingerprint density at radius 3 is 2.18 bits per heavy atom. The van der Waals surface area contributed by atoms with Gasteiger partial charge in [-0.3, -0.25) is 0 Å². The van der Waals surface area contributed by atoms with Crippen molar-refractivity contribution in [2.24, 2.45) is 0 Å². The largest absolute Gasteiger partial charge is 0.463 e. The van der Waals surface area contributed by atoms with Gasteiger partial charge in [-0.2, -0.15) is 0 Å². The maximum Gasteiger partial charge on any atom is 0.331 e. The summed E-state index contributed by atoms with van der Waals surface area (Å²) in [6.45, 7) is 2.18. The Bertz CT molecular complexity index is 927. The van der Waals surface area contributed by atoms with E-state index in [1.54, 1.807) is 6.08 Å². The van der Waals surface area contributed by atoms with Crippen LogP contribution in [-0.4, -0.2) is 12.6 Å². The van der Waals surface area contributed by atoms with Crippen molar-refractivity contribution in [1.82, 2.24) is 0 Å². The van der Waals surface area contributed by atoms with Crippen molar-refractivity contribution in [3.8, 4) is 11.1 Å². The highest BCUT2D eigenvalue weighted by molar-refractivity contribution is 6.30. The lowest BCUT2D eigenvalue weighted by molar-refractivity contribution is -0.137. The van der Waals surface area contributed by atoms with E-state index in [4.69, 9.17) is 16.3 Å². The Hall–Kier alpha value is -2.84. The second-order valence-corrected chi connectivity index (χ2v) is 6.93. The quantitative estimate of drug-likeness (QED) is 0.336. The maximum atomic E-state index is 12.1. The highest BCUT2D eigenvalue weighted by Gasteiger charge is 2.08. The zero-order valence-electron chi connectivity index (χ0n) is 15.9. The zero-order chi connectivity index (χ0) is 19.8. The summed E-state index contributed by atoms with van der Waals surface area (Å²) in [5, 5.41) is 0.725. The molecule has 0 atom stereocenters. The molecule has 0 saturated carbocycles. The number of carbonyl (C=O) groups excluding carboxylic acids is 1. The van der Waals surface area contributed by atoms with E-state index in [0.717, 1.165) is 34.6 Å². The van der Waals surface area contributed by atoms with Crippen LogP contribution in [0.5, 0.6) is 0 Å². The van der Waals surface area contributed by atoms with Crippen LogP contribution in [0.4, 0.5) is 0 Å². The van der Waals surface area contributed by atoms with Crippen LogP contribution in [0.3, 0.4) is 0 Å². The molecule has 0 aliphatic carbocycles. The van der Waals surface area contributed by atoms with E-state index >= 15 is 0 Å². The molecule has 3 aromatic carbocycles. The van der Waals surface area contributed by atoms with E-state index in [1.807, 2.05) is 49.4 Å². The molecule has 142 valence electrons. The van der Waals surface area contributed by atoms with Crippen molar-refractivity contribution in [2.75, 3.05) is 6.61 Å². The predicted octanol–water partition coefficient (Wildman–Crippen LogP) is 6.59. The topological polar surface area (TPSA) is 26.3 Å². The van der Waals surface area contributed by atoms with Crippen LogP contribution in [0.25, 0.3) is 16.7 Å². The van der Waals surface area contributed by atoms with Gasteiger partial charge in [-0.05, 0) is 59.7 Å². The number of allylic oxidation sites excluding steroid dienone is 1. The average molecular weight is 391 g/mol. The predicted molar refractivity (Wildman–Crippen MR) is 116 cm³/mol. The lowest BCUT2D eigenvalue weighted by Crippen LogP contribution is -2.02. The van der Waals surface area contributed by atoms with Crippen molar-refractivity contribution in [2.45, 2.75) is 19.8 Å². The van der Waals surface area contributed by atoms with Gasteiger partial charge in [0.2, 0.25) is 0 Å². The third kappa shape index (κ3) is 5.58. The van der Waals surface area contributed by atoms with E-state index in [9.17, 15) is 4.79 Å². The molecule has 3 aromatic rings. The highest BCUT2D eigenvalue weighted by Crippen LogP contribution is 2.25. The highest BCUT2D eigenvalue weighted by atomic mass is 35.5. The monoisotopic (exact) mass is 390 g/mol. The summed E-state index contributed by atoms with van der Waals surface area (Å²) < 4.78 is 5.12. The van der Waals surface area contributed by atoms with Crippen molar-refractivity contribution >= 4 is 23.1 Å². The minimum Gasteiger partial charge on any atom is -0.463 e. The lowest BCUT2D eigenvalue weighted by atomic mass is 9.96. The van der Waals surface area contributed by atoms with Gasteiger partial charge >= 0.3 is 5.97 Å². The average Bonchev–Trinajstić information content (AvgIpc) is 2.73. The third-order valence-corrected chi connectivity index (χ3v) is 4.79. The summed E-state index contributed by atoms with van der Waals surface area (Å²) in [5.74, 6) is -0.305. The molecule has 28 heavy (non-hydrogen) atoms. The number of esters is 1. The normalized spacial score (nSPS) is 11.3. The van der Waals surface area contributed by atoms with Crippen molar-refractivity contribution in [3.05, 3.63) is 101 Å². The summed E-state index contributed by atoms with van der Waals surface area (Å²) in [4.78, 5) is 12.1. The summed E-state index contributed by atoms with van der Waals surface area (Å²) in [5.41, 5.74) is 5.50. The summed E-state index contributed by atoms with van der Waals surface area (Å²) in [6, 6.07) is 26.4. The molecule has 3 heteroatoms. The lowest BCUT2D eigenvalue weighted by Gasteiger charge is -2.10. The number of halogens is 1. The molecule has 0 bridgehead atoms. The summed E-state index contributed by atoms with van der Waals surface area (Å²) in [6.07, 6.45) is 3.17. The van der Waals surface area contributed by atoms with E-state index in [1.165, 1.54) is 11.1 Å². The first kappa shape index (κ1) is 19.9. The molecule has 0 N–H and O–H groups in total. The molecule has 0 aliphatic heterocycles. The Morgan fingerprint density at radius 2 is 1.54 bits per heavy atom. The van der Waals surface area contributed by atoms with Gasteiger partial charge in [-0.15, -0.1) is 0 Å². The van der Waals surface area contributed by atoms with Crippen LogP contribution in [0.15, 0.2) is 84.9 Å². The first-order chi connectivity index (χ1) is 13.7. The van der Waals surface area contributed by atoms with Crippen molar-refractivity contribution in [3.63, 3.8) is 0 Å². The summed E-state index contributed by atoms with van der Waals surface area (Å²) >= 11 is 5.97. The van der Waals surface area contributed by atoms with Crippen LogP contribution in [0.1, 0.15) is 24.5 Å². The van der Waals surface area contributed by atoms with Gasteiger partial charge < -0.3 is 4.74 Å². The number of hydrogen-bond donors (Lipinski definition) is 0. The molecule has 0 spiro atoms. The maximum absolute atomic E-state index is 12.1. The fourth-order valence-corrected chi connectivity index (χ4v) is 3.19. The Balaban J connectivity index is 1.81. The van der Waals surface area contributed by atoms with Gasteiger partial charge in [0.15, 0.2) is 0 Å². The fraction of sp³-hybridized carbons (Fsp3) is 0.160. The van der Waals surface area contributed by atoms with Gasteiger partial charge in [0.05, 0.1) is 6.61 Å². The molecule has 0 unspecified atom stereocenters. The van der Waals surface area contributed by atoms with Gasteiger partial charge in [-0.1, -0.05) is 78.3 Å². The molecule has 0 amide bonds. The van der Waals surface area contributed by atoms with Crippen LogP contribution in [0, 0.1) is 0 Å². The zero-order valence-corrected chi connectivity index (χ0v) is 16.7. The molecular formula is C25H23ClO2. The Morgan fingerprint density at radius 1 is 0.893 bits per heavy atom. The molecule has 0 fully saturated rings. The first-order valence-electron chi connectivity index (χ1n) is 9.43. The number of hydrogen-bond acceptors (Lipinski definition) is 2. The summed E-state index contributed by atoms with van der Waals surface area (Å²) in [7, 11) is 0. The molecular weight excluding hydrogens is 368 g/mol. The van der Waals surface area contributed by atoms with Gasteiger partial charge in [-0.25, -0.2) is 4.79 Å². The van der Waals surface area contributed by atoms with Gasteiger partial charge in [0.1, 0.15) is 0 Å². The van der Waals surface area contributed by atoms with Crippen LogP contribution in [0.2, 0.25) is 5.02 Å². The molecule has 0 aromatic heterocycles. The second-order valence-electron chi connectivity index (χ2n) is 6.49. The molecule has 3 rings (SSSR count). The van der Waals surface area contributed by atoms with Crippen LogP contribution >= 0.6 is 11.6 Å². The van der Waals surface area contributed by atoms with Crippen molar-refractivity contribution < 1.29 is 9.53 Å². The number of aryl methyl sites for hydroxylation is 1. The van der Waals surface area contributed by atoms with Crippen LogP contribution < -0.4 is 0 Å². The van der Waals surface area contributed by atoms with E-state index in [-0.39, 0.29) is 5.97 Å².